The molecule has 162 valence electrons. The van der Waals surface area contributed by atoms with Crippen LogP contribution in [0.3, 0.4) is 0 Å². The van der Waals surface area contributed by atoms with Gasteiger partial charge in [0.25, 0.3) is 0 Å². The summed E-state index contributed by atoms with van der Waals surface area (Å²) in [6.45, 7) is 1.89. The van der Waals surface area contributed by atoms with E-state index in [2.05, 4.69) is 4.99 Å². The number of carbonyl (C=O) groups is 3. The van der Waals surface area contributed by atoms with Crippen molar-refractivity contribution in [1.29, 1.82) is 0 Å². The maximum Gasteiger partial charge on any atom is 0.415 e. The molecule has 1 amide bonds. The molecular weight excluding hydrogens is 390 g/mol. The number of ether oxygens (including phenoxy) is 3. The van der Waals surface area contributed by atoms with E-state index in [1.807, 2.05) is 0 Å². The van der Waals surface area contributed by atoms with Gasteiger partial charge in [0, 0.05) is 12.2 Å². The SMILES string of the molecule is CCOC(=O)N(C1=C(C(=O)OC)C(C(=O)OC)N2C=CC=CC2=N1)C1CCCCC1. The summed E-state index contributed by atoms with van der Waals surface area (Å²) in [6, 6.07) is -1.32. The van der Waals surface area contributed by atoms with E-state index in [0.29, 0.717) is 5.84 Å². The molecule has 0 saturated heterocycles. The van der Waals surface area contributed by atoms with Gasteiger partial charge in [-0.25, -0.2) is 19.4 Å². The molecule has 1 saturated carbocycles. The Balaban J connectivity index is 2.21. The molecule has 0 aromatic rings. The number of fused-ring (bicyclic) bond motifs is 1. The molecule has 1 unspecified atom stereocenters. The van der Waals surface area contributed by atoms with E-state index in [1.165, 1.54) is 24.0 Å². The minimum Gasteiger partial charge on any atom is -0.467 e. The van der Waals surface area contributed by atoms with Gasteiger partial charge in [-0.15, -0.1) is 0 Å². The Hall–Kier alpha value is -3.10. The summed E-state index contributed by atoms with van der Waals surface area (Å²) in [5, 5.41) is 0. The molecule has 0 radical (unpaired) electrons. The molecule has 30 heavy (non-hydrogen) atoms. The van der Waals surface area contributed by atoms with Gasteiger partial charge in [0.15, 0.2) is 11.9 Å². The number of aliphatic imine (C=N–C) groups is 1. The molecule has 1 atom stereocenters. The Kier molecular flexibility index (Phi) is 6.91. The molecule has 2 aliphatic heterocycles. The topological polar surface area (TPSA) is 97.7 Å². The fourth-order valence-corrected chi connectivity index (χ4v) is 3.97. The Morgan fingerprint density at radius 3 is 2.50 bits per heavy atom. The molecule has 1 fully saturated rings. The number of amides is 1. The van der Waals surface area contributed by atoms with Crippen LogP contribution in [0, 0.1) is 0 Å². The van der Waals surface area contributed by atoms with Crippen LogP contribution in [0.1, 0.15) is 39.0 Å². The van der Waals surface area contributed by atoms with Crippen molar-refractivity contribution in [2.75, 3.05) is 20.8 Å². The zero-order valence-electron chi connectivity index (χ0n) is 17.5. The summed E-state index contributed by atoms with van der Waals surface area (Å²) in [5.74, 6) is -0.918. The molecule has 3 rings (SSSR count). The summed E-state index contributed by atoms with van der Waals surface area (Å²) in [7, 11) is 2.47. The average molecular weight is 417 g/mol. The van der Waals surface area contributed by atoms with Gasteiger partial charge in [-0.3, -0.25) is 4.90 Å². The van der Waals surface area contributed by atoms with E-state index in [1.54, 1.807) is 31.4 Å². The first-order chi connectivity index (χ1) is 14.5. The molecule has 0 N–H and O–H groups in total. The average Bonchev–Trinajstić information content (AvgIpc) is 2.78. The Morgan fingerprint density at radius 2 is 1.87 bits per heavy atom. The predicted octanol–water partition coefficient (Wildman–Crippen LogP) is 2.50. The largest absolute Gasteiger partial charge is 0.467 e. The fourth-order valence-electron chi connectivity index (χ4n) is 3.97. The summed E-state index contributed by atoms with van der Waals surface area (Å²) >= 11 is 0. The van der Waals surface area contributed by atoms with Gasteiger partial charge in [-0.1, -0.05) is 25.3 Å². The van der Waals surface area contributed by atoms with E-state index in [4.69, 9.17) is 14.2 Å². The van der Waals surface area contributed by atoms with Crippen LogP contribution < -0.4 is 0 Å². The third-order valence-electron chi connectivity index (χ3n) is 5.34. The van der Waals surface area contributed by atoms with Gasteiger partial charge in [0.2, 0.25) is 0 Å². The third-order valence-corrected chi connectivity index (χ3v) is 5.34. The molecule has 1 aliphatic carbocycles. The quantitative estimate of drug-likeness (QED) is 0.501. The van der Waals surface area contributed by atoms with Crippen molar-refractivity contribution < 1.29 is 28.6 Å². The number of methoxy groups -OCH3 is 2. The number of esters is 2. The monoisotopic (exact) mass is 417 g/mol. The van der Waals surface area contributed by atoms with Crippen LogP contribution in [-0.2, 0) is 23.8 Å². The van der Waals surface area contributed by atoms with Gasteiger partial charge >= 0.3 is 18.0 Å². The summed E-state index contributed by atoms with van der Waals surface area (Å²) in [5.41, 5.74) is -0.0494. The minimum absolute atomic E-state index is 0.0494. The van der Waals surface area contributed by atoms with Crippen molar-refractivity contribution in [2.24, 2.45) is 4.99 Å². The van der Waals surface area contributed by atoms with E-state index in [9.17, 15) is 14.4 Å². The van der Waals surface area contributed by atoms with Gasteiger partial charge in [-0.05, 0) is 31.9 Å². The number of carbonyl (C=O) groups excluding carboxylic acids is 3. The molecule has 9 heteroatoms. The molecule has 2 heterocycles. The van der Waals surface area contributed by atoms with Crippen molar-refractivity contribution in [3.05, 3.63) is 35.8 Å². The zero-order chi connectivity index (χ0) is 21.7. The molecule has 0 bridgehead atoms. The van der Waals surface area contributed by atoms with Crippen molar-refractivity contribution in [3.63, 3.8) is 0 Å². The van der Waals surface area contributed by atoms with Gasteiger partial charge in [0.1, 0.15) is 11.4 Å². The lowest BCUT2D eigenvalue weighted by molar-refractivity contribution is -0.147. The first-order valence-corrected chi connectivity index (χ1v) is 10.1. The van der Waals surface area contributed by atoms with Crippen LogP contribution in [0.15, 0.2) is 40.8 Å². The Labute approximate surface area is 175 Å². The molecule has 0 aromatic heterocycles. The van der Waals surface area contributed by atoms with Gasteiger partial charge in [0.05, 0.1) is 20.8 Å². The van der Waals surface area contributed by atoms with Crippen LogP contribution in [0.2, 0.25) is 0 Å². The second-order valence-corrected chi connectivity index (χ2v) is 7.09. The second-order valence-electron chi connectivity index (χ2n) is 7.09. The highest BCUT2D eigenvalue weighted by atomic mass is 16.6. The van der Waals surface area contributed by atoms with Crippen LogP contribution in [0.5, 0.6) is 0 Å². The number of rotatable bonds is 5. The van der Waals surface area contributed by atoms with E-state index in [0.717, 1.165) is 32.1 Å². The maximum atomic E-state index is 13.0. The highest BCUT2D eigenvalue weighted by molar-refractivity contribution is 6.07. The van der Waals surface area contributed by atoms with Crippen molar-refractivity contribution in [2.45, 2.75) is 51.1 Å². The van der Waals surface area contributed by atoms with Gasteiger partial charge < -0.3 is 19.1 Å². The minimum atomic E-state index is -1.13. The normalized spacial score (nSPS) is 21.0. The molecule has 0 spiro atoms. The number of hydrogen-bond acceptors (Lipinski definition) is 8. The summed E-state index contributed by atoms with van der Waals surface area (Å²) in [4.78, 5) is 46.1. The van der Waals surface area contributed by atoms with Crippen LogP contribution >= 0.6 is 0 Å². The van der Waals surface area contributed by atoms with Crippen molar-refractivity contribution >= 4 is 23.9 Å². The lowest BCUT2D eigenvalue weighted by Crippen LogP contribution is -2.52. The molecule has 3 aliphatic rings. The maximum absolute atomic E-state index is 13.0. The Morgan fingerprint density at radius 1 is 1.13 bits per heavy atom. The van der Waals surface area contributed by atoms with Crippen molar-refractivity contribution in [3.8, 4) is 0 Å². The van der Waals surface area contributed by atoms with Crippen molar-refractivity contribution in [1.82, 2.24) is 9.80 Å². The van der Waals surface area contributed by atoms with Crippen LogP contribution in [0.25, 0.3) is 0 Å². The van der Waals surface area contributed by atoms with E-state index < -0.39 is 24.1 Å². The number of allylic oxidation sites excluding steroid dienone is 2. The summed E-state index contributed by atoms with van der Waals surface area (Å²) < 4.78 is 15.3. The smallest absolute Gasteiger partial charge is 0.415 e. The fraction of sp³-hybridized carbons (Fsp3) is 0.524. The van der Waals surface area contributed by atoms with E-state index >= 15 is 0 Å². The molecular formula is C21H27N3O6. The number of nitrogens with zero attached hydrogens (tertiary/aromatic N) is 3. The lowest BCUT2D eigenvalue weighted by atomic mass is 9.93. The standard InChI is InChI=1S/C21H27N3O6/c1-4-30-21(27)24(14-10-6-5-7-11-14)18-16(19(25)28-2)17(20(26)29-3)23-13-9-8-12-15(23)22-18/h8-9,12-14,17H,4-7,10-11H2,1-3H3. The molecule has 9 nitrogen and oxygen atoms in total. The second kappa shape index (κ2) is 9.60. The van der Waals surface area contributed by atoms with E-state index in [-0.39, 0.29) is 24.0 Å². The Bertz CT molecular complexity index is 823. The highest BCUT2D eigenvalue weighted by Crippen LogP contribution is 2.34. The summed E-state index contributed by atoms with van der Waals surface area (Å²) in [6.07, 6.45) is 10.7. The predicted molar refractivity (Wildman–Crippen MR) is 108 cm³/mol. The first kappa shape index (κ1) is 21.6. The van der Waals surface area contributed by atoms with Crippen LogP contribution in [-0.4, -0.2) is 66.6 Å². The number of hydrogen-bond donors (Lipinski definition) is 0. The molecule has 0 aromatic carbocycles. The lowest BCUT2D eigenvalue weighted by Gasteiger charge is -2.39. The van der Waals surface area contributed by atoms with Crippen LogP contribution in [0.4, 0.5) is 4.79 Å². The highest BCUT2D eigenvalue weighted by Gasteiger charge is 2.45. The number of amidine groups is 1. The zero-order valence-corrected chi connectivity index (χ0v) is 17.5. The third kappa shape index (κ3) is 4.10. The first-order valence-electron chi connectivity index (χ1n) is 10.1. The van der Waals surface area contributed by atoms with Gasteiger partial charge in [-0.2, -0.15) is 0 Å².